The summed E-state index contributed by atoms with van der Waals surface area (Å²) in [5.41, 5.74) is 1.19. The van der Waals surface area contributed by atoms with Crippen molar-refractivity contribution in [2.24, 2.45) is 0 Å². The molecule has 0 aromatic heterocycles. The monoisotopic (exact) mass is 311 g/mol. The standard InChI is InChI=1S/C12H7BrClNO2/c13-10-6-3-5-9(12(10)15(16)17)8-4-1-2-7-11(8)14/h1-7H. The van der Waals surface area contributed by atoms with Crippen molar-refractivity contribution in [3.05, 3.63) is 62.1 Å². The van der Waals surface area contributed by atoms with E-state index in [2.05, 4.69) is 15.9 Å². The Kier molecular flexibility index (Phi) is 3.45. The first-order valence-electron chi connectivity index (χ1n) is 4.79. The number of nitro benzene ring substituents is 1. The van der Waals surface area contributed by atoms with E-state index in [0.29, 0.717) is 20.6 Å². The van der Waals surface area contributed by atoms with E-state index in [1.165, 1.54) is 0 Å². The van der Waals surface area contributed by atoms with Gasteiger partial charge in [0.1, 0.15) is 0 Å². The molecule has 0 radical (unpaired) electrons. The van der Waals surface area contributed by atoms with Crippen LogP contribution in [0.25, 0.3) is 11.1 Å². The first kappa shape index (κ1) is 12.1. The van der Waals surface area contributed by atoms with Crippen LogP contribution in [0, 0.1) is 10.1 Å². The highest BCUT2D eigenvalue weighted by Crippen LogP contribution is 2.38. The number of benzene rings is 2. The van der Waals surface area contributed by atoms with Gasteiger partial charge in [0.2, 0.25) is 0 Å². The summed E-state index contributed by atoms with van der Waals surface area (Å²) in [4.78, 5) is 10.6. The molecule has 2 rings (SSSR count). The molecule has 3 nitrogen and oxygen atoms in total. The second-order valence-electron chi connectivity index (χ2n) is 3.37. The van der Waals surface area contributed by atoms with E-state index in [9.17, 15) is 10.1 Å². The summed E-state index contributed by atoms with van der Waals surface area (Å²) in [5.74, 6) is 0. The zero-order chi connectivity index (χ0) is 12.4. The van der Waals surface area contributed by atoms with Gasteiger partial charge in [0, 0.05) is 10.6 Å². The number of rotatable bonds is 2. The van der Waals surface area contributed by atoms with Crippen LogP contribution in [-0.2, 0) is 0 Å². The molecule has 0 N–H and O–H groups in total. The van der Waals surface area contributed by atoms with Gasteiger partial charge in [-0.1, -0.05) is 35.9 Å². The summed E-state index contributed by atoms with van der Waals surface area (Å²) in [6.45, 7) is 0. The van der Waals surface area contributed by atoms with Gasteiger partial charge >= 0.3 is 0 Å². The van der Waals surface area contributed by atoms with Gasteiger partial charge in [0.25, 0.3) is 5.69 Å². The Morgan fingerprint density at radius 3 is 2.35 bits per heavy atom. The summed E-state index contributed by atoms with van der Waals surface area (Å²) >= 11 is 9.23. The van der Waals surface area contributed by atoms with Gasteiger partial charge in [-0.2, -0.15) is 0 Å². The second-order valence-corrected chi connectivity index (χ2v) is 4.63. The maximum absolute atomic E-state index is 11.1. The van der Waals surface area contributed by atoms with Crippen LogP contribution in [0.2, 0.25) is 5.02 Å². The highest BCUT2D eigenvalue weighted by atomic mass is 79.9. The Hall–Kier alpha value is -1.39. The molecule has 2 aromatic carbocycles. The van der Waals surface area contributed by atoms with Gasteiger partial charge in [0.05, 0.1) is 15.0 Å². The minimum Gasteiger partial charge on any atom is -0.258 e. The number of para-hydroxylation sites is 1. The molecule has 0 heterocycles. The molecule has 0 saturated heterocycles. The van der Waals surface area contributed by atoms with Crippen LogP contribution in [-0.4, -0.2) is 4.92 Å². The van der Waals surface area contributed by atoms with Gasteiger partial charge in [-0.3, -0.25) is 10.1 Å². The first-order valence-corrected chi connectivity index (χ1v) is 5.96. The molecule has 0 aliphatic rings. The minimum absolute atomic E-state index is 0.0283. The molecule has 17 heavy (non-hydrogen) atoms. The lowest BCUT2D eigenvalue weighted by molar-refractivity contribution is -0.385. The Morgan fingerprint density at radius 2 is 1.71 bits per heavy atom. The molecule has 0 atom stereocenters. The number of nitrogens with zero attached hydrogens (tertiary/aromatic N) is 1. The van der Waals surface area contributed by atoms with Crippen molar-refractivity contribution >= 4 is 33.2 Å². The lowest BCUT2D eigenvalue weighted by Crippen LogP contribution is -1.93. The van der Waals surface area contributed by atoms with E-state index in [-0.39, 0.29) is 5.69 Å². The third-order valence-corrected chi connectivity index (χ3v) is 3.30. The van der Waals surface area contributed by atoms with Crippen LogP contribution in [0.15, 0.2) is 46.9 Å². The van der Waals surface area contributed by atoms with Crippen molar-refractivity contribution in [3.8, 4) is 11.1 Å². The molecule has 86 valence electrons. The van der Waals surface area contributed by atoms with Gasteiger partial charge in [-0.25, -0.2) is 0 Å². The topological polar surface area (TPSA) is 43.1 Å². The largest absolute Gasteiger partial charge is 0.291 e. The maximum atomic E-state index is 11.1. The molecular formula is C12H7BrClNO2. The van der Waals surface area contributed by atoms with E-state index in [1.807, 2.05) is 0 Å². The molecular weight excluding hydrogens is 305 g/mol. The summed E-state index contributed by atoms with van der Waals surface area (Å²) < 4.78 is 0.444. The lowest BCUT2D eigenvalue weighted by Gasteiger charge is -2.06. The predicted octanol–water partition coefficient (Wildman–Crippen LogP) is 4.68. The van der Waals surface area contributed by atoms with Crippen LogP contribution in [0.3, 0.4) is 0 Å². The molecule has 2 aromatic rings. The average molecular weight is 313 g/mol. The van der Waals surface area contributed by atoms with Crippen LogP contribution in [0.1, 0.15) is 0 Å². The van der Waals surface area contributed by atoms with E-state index in [0.717, 1.165) is 0 Å². The molecule has 0 spiro atoms. The predicted molar refractivity (Wildman–Crippen MR) is 71.2 cm³/mol. The normalized spacial score (nSPS) is 10.2. The van der Waals surface area contributed by atoms with Crippen molar-refractivity contribution in [2.45, 2.75) is 0 Å². The van der Waals surface area contributed by atoms with Crippen LogP contribution in [0.5, 0.6) is 0 Å². The van der Waals surface area contributed by atoms with Crippen molar-refractivity contribution in [3.63, 3.8) is 0 Å². The Bertz CT molecular complexity index is 586. The Morgan fingerprint density at radius 1 is 1.06 bits per heavy atom. The van der Waals surface area contributed by atoms with Crippen molar-refractivity contribution in [1.82, 2.24) is 0 Å². The first-order chi connectivity index (χ1) is 8.11. The number of hydrogen-bond donors (Lipinski definition) is 0. The third-order valence-electron chi connectivity index (χ3n) is 2.33. The van der Waals surface area contributed by atoms with E-state index < -0.39 is 4.92 Å². The summed E-state index contributed by atoms with van der Waals surface area (Å²) in [5, 5.41) is 11.6. The number of hydrogen-bond acceptors (Lipinski definition) is 2. The molecule has 0 aliphatic carbocycles. The van der Waals surface area contributed by atoms with Gasteiger partial charge < -0.3 is 0 Å². The summed E-state index contributed by atoms with van der Waals surface area (Å²) in [6, 6.07) is 12.1. The zero-order valence-electron chi connectivity index (χ0n) is 8.56. The van der Waals surface area contributed by atoms with E-state index in [4.69, 9.17) is 11.6 Å². The van der Waals surface area contributed by atoms with Gasteiger partial charge in [-0.05, 0) is 34.1 Å². The van der Waals surface area contributed by atoms with Crippen molar-refractivity contribution < 1.29 is 4.92 Å². The van der Waals surface area contributed by atoms with Gasteiger partial charge in [-0.15, -0.1) is 0 Å². The Balaban J connectivity index is 2.72. The fourth-order valence-electron chi connectivity index (χ4n) is 1.60. The highest BCUT2D eigenvalue weighted by molar-refractivity contribution is 9.10. The zero-order valence-corrected chi connectivity index (χ0v) is 10.9. The molecule has 0 unspecified atom stereocenters. The van der Waals surface area contributed by atoms with Crippen molar-refractivity contribution in [1.29, 1.82) is 0 Å². The van der Waals surface area contributed by atoms with Gasteiger partial charge in [0.15, 0.2) is 0 Å². The molecule has 5 heteroatoms. The number of halogens is 2. The molecule has 0 fully saturated rings. The highest BCUT2D eigenvalue weighted by Gasteiger charge is 2.20. The third kappa shape index (κ3) is 2.33. The van der Waals surface area contributed by atoms with Crippen LogP contribution in [0.4, 0.5) is 5.69 Å². The Labute approximate surface area is 111 Å². The molecule has 0 bridgehead atoms. The second kappa shape index (κ2) is 4.85. The van der Waals surface area contributed by atoms with Crippen molar-refractivity contribution in [2.75, 3.05) is 0 Å². The molecule has 0 amide bonds. The van der Waals surface area contributed by atoms with Crippen LogP contribution >= 0.6 is 27.5 Å². The maximum Gasteiger partial charge on any atom is 0.291 e. The minimum atomic E-state index is -0.414. The smallest absolute Gasteiger partial charge is 0.258 e. The van der Waals surface area contributed by atoms with E-state index >= 15 is 0 Å². The molecule has 0 aliphatic heterocycles. The average Bonchev–Trinajstić information content (AvgIpc) is 2.28. The summed E-state index contributed by atoms with van der Waals surface area (Å²) in [7, 11) is 0. The fraction of sp³-hybridized carbons (Fsp3) is 0. The summed E-state index contributed by atoms with van der Waals surface area (Å²) in [6.07, 6.45) is 0. The van der Waals surface area contributed by atoms with Crippen LogP contribution < -0.4 is 0 Å². The SMILES string of the molecule is O=[N+]([O-])c1c(Br)cccc1-c1ccccc1Cl. The fourth-order valence-corrected chi connectivity index (χ4v) is 2.35. The quantitative estimate of drug-likeness (QED) is 0.597. The molecule has 0 saturated carbocycles. The lowest BCUT2D eigenvalue weighted by atomic mass is 10.0. The number of nitro groups is 1. The van der Waals surface area contributed by atoms with E-state index in [1.54, 1.807) is 42.5 Å².